The number of hydrogen-bond acceptors (Lipinski definition) is 5. The van der Waals surface area contributed by atoms with Gasteiger partial charge in [0.15, 0.2) is 6.10 Å². The second-order valence-corrected chi connectivity index (χ2v) is 5.54. The van der Waals surface area contributed by atoms with Gasteiger partial charge in [0.25, 0.3) is 5.91 Å². The first-order valence-corrected chi connectivity index (χ1v) is 7.85. The van der Waals surface area contributed by atoms with Crippen molar-refractivity contribution < 1.29 is 37.4 Å². The van der Waals surface area contributed by atoms with E-state index in [2.05, 4.69) is 10.1 Å². The van der Waals surface area contributed by atoms with Gasteiger partial charge in [-0.15, -0.1) is 0 Å². The fraction of sp³-hybridized carbons (Fsp3) is 0.471. The van der Waals surface area contributed by atoms with Crippen LogP contribution >= 0.6 is 0 Å². The second-order valence-electron chi connectivity index (χ2n) is 5.54. The van der Waals surface area contributed by atoms with Crippen LogP contribution in [0.5, 0.6) is 0 Å². The average molecular weight is 375 g/mol. The summed E-state index contributed by atoms with van der Waals surface area (Å²) in [5.74, 6) is -1.89. The predicted molar refractivity (Wildman–Crippen MR) is 84.9 cm³/mol. The lowest BCUT2D eigenvalue weighted by molar-refractivity contribution is -0.146. The van der Waals surface area contributed by atoms with Crippen molar-refractivity contribution in [2.75, 3.05) is 7.11 Å². The Kier molecular flexibility index (Phi) is 7.76. The number of hydrogen-bond donors (Lipinski definition) is 2. The molecule has 2 atom stereocenters. The molecule has 26 heavy (non-hydrogen) atoms. The normalized spacial score (nSPS) is 13.6. The van der Waals surface area contributed by atoms with Gasteiger partial charge in [-0.1, -0.05) is 19.1 Å². The molecule has 0 aliphatic heterocycles. The number of aliphatic hydroxyl groups is 1. The third-order valence-electron chi connectivity index (χ3n) is 3.71. The maximum atomic E-state index is 12.5. The molecule has 1 aromatic rings. The minimum Gasteiger partial charge on any atom is -0.467 e. The molecule has 0 spiro atoms. The molecule has 0 radical (unpaired) electrons. The van der Waals surface area contributed by atoms with Gasteiger partial charge in [0.1, 0.15) is 11.8 Å². The first-order valence-electron chi connectivity index (χ1n) is 7.85. The van der Waals surface area contributed by atoms with Gasteiger partial charge in [-0.3, -0.25) is 9.59 Å². The summed E-state index contributed by atoms with van der Waals surface area (Å²) in [5.41, 5.74) is -0.983. The third-order valence-corrected chi connectivity index (χ3v) is 3.71. The standard InChI is InChI=1S/C17H20F3NO5/c1-3-12(22)8-9-13(16(25)26-2)21-15(24)14(23)10-4-6-11(7-5-10)17(18,19)20/h4-7,13-14,23H,3,8-9H2,1-2H3,(H,21,24)/t13-,14-/m1/s1. The number of benzene rings is 1. The number of carbonyl (C=O) groups excluding carboxylic acids is 3. The van der Waals surface area contributed by atoms with Gasteiger partial charge in [0, 0.05) is 12.8 Å². The van der Waals surface area contributed by atoms with Crippen LogP contribution in [-0.2, 0) is 25.3 Å². The monoisotopic (exact) mass is 375 g/mol. The summed E-state index contributed by atoms with van der Waals surface area (Å²) in [4.78, 5) is 35.2. The molecule has 0 aliphatic rings. The lowest BCUT2D eigenvalue weighted by Crippen LogP contribution is -2.44. The van der Waals surface area contributed by atoms with Crippen LogP contribution in [0.15, 0.2) is 24.3 Å². The number of methoxy groups -OCH3 is 1. The van der Waals surface area contributed by atoms with Gasteiger partial charge in [-0.05, 0) is 24.1 Å². The molecule has 1 aromatic carbocycles. The summed E-state index contributed by atoms with van der Waals surface area (Å²) >= 11 is 0. The van der Waals surface area contributed by atoms with Crippen LogP contribution in [0.25, 0.3) is 0 Å². The highest BCUT2D eigenvalue weighted by atomic mass is 19.4. The minimum absolute atomic E-state index is 0.00911. The van der Waals surface area contributed by atoms with Crippen LogP contribution in [-0.4, -0.2) is 35.9 Å². The topological polar surface area (TPSA) is 92.7 Å². The molecule has 0 aromatic heterocycles. The van der Waals surface area contributed by atoms with Crippen molar-refractivity contribution in [2.45, 2.75) is 44.5 Å². The number of amides is 1. The lowest BCUT2D eigenvalue weighted by Gasteiger charge is -2.19. The Hall–Kier alpha value is -2.42. The molecule has 1 rings (SSSR count). The Balaban J connectivity index is 2.81. The van der Waals surface area contributed by atoms with E-state index in [9.17, 15) is 32.7 Å². The van der Waals surface area contributed by atoms with Crippen molar-refractivity contribution in [1.82, 2.24) is 5.32 Å². The van der Waals surface area contributed by atoms with Crippen LogP contribution < -0.4 is 5.32 Å². The van der Waals surface area contributed by atoms with Gasteiger partial charge in [0.2, 0.25) is 0 Å². The van der Waals surface area contributed by atoms with Crippen LogP contribution in [0.4, 0.5) is 13.2 Å². The SMILES string of the molecule is CCC(=O)CC[C@@H](NC(=O)[C@H](O)c1ccc(C(F)(F)F)cc1)C(=O)OC. The average Bonchev–Trinajstić information content (AvgIpc) is 2.62. The summed E-state index contributed by atoms with van der Waals surface area (Å²) in [6.07, 6.45) is -6.01. The smallest absolute Gasteiger partial charge is 0.416 e. The van der Waals surface area contributed by atoms with E-state index in [4.69, 9.17) is 0 Å². The Bertz CT molecular complexity index is 643. The second kappa shape index (κ2) is 9.33. The molecule has 0 saturated heterocycles. The van der Waals surface area contributed by atoms with Crippen molar-refractivity contribution in [2.24, 2.45) is 0 Å². The summed E-state index contributed by atoms with van der Waals surface area (Å²) < 4.78 is 42.2. The first kappa shape index (κ1) is 21.6. The van der Waals surface area contributed by atoms with E-state index in [0.717, 1.165) is 31.4 Å². The van der Waals surface area contributed by atoms with E-state index < -0.39 is 35.8 Å². The lowest BCUT2D eigenvalue weighted by atomic mass is 10.0. The van der Waals surface area contributed by atoms with E-state index in [0.29, 0.717) is 0 Å². The molecule has 0 bridgehead atoms. The summed E-state index contributed by atoms with van der Waals surface area (Å²) in [7, 11) is 1.11. The Morgan fingerprint density at radius 2 is 1.77 bits per heavy atom. The van der Waals surface area contributed by atoms with Gasteiger partial charge < -0.3 is 15.2 Å². The molecule has 9 heteroatoms. The van der Waals surface area contributed by atoms with Crippen molar-refractivity contribution in [3.8, 4) is 0 Å². The molecule has 0 fully saturated rings. The van der Waals surface area contributed by atoms with Gasteiger partial charge >= 0.3 is 12.1 Å². The third kappa shape index (κ3) is 6.14. The van der Waals surface area contributed by atoms with E-state index in [1.165, 1.54) is 0 Å². The van der Waals surface area contributed by atoms with Crippen molar-refractivity contribution in [3.63, 3.8) is 0 Å². The zero-order valence-corrected chi connectivity index (χ0v) is 14.3. The Labute approximate surface area is 148 Å². The minimum atomic E-state index is -4.53. The molecular weight excluding hydrogens is 355 g/mol. The number of carbonyl (C=O) groups is 3. The van der Waals surface area contributed by atoms with Crippen LogP contribution in [0, 0.1) is 0 Å². The maximum absolute atomic E-state index is 12.5. The Morgan fingerprint density at radius 3 is 2.23 bits per heavy atom. The van der Waals surface area contributed by atoms with Crippen LogP contribution in [0.1, 0.15) is 43.4 Å². The van der Waals surface area contributed by atoms with Crippen LogP contribution in [0.3, 0.4) is 0 Å². The molecule has 0 aliphatic carbocycles. The van der Waals surface area contributed by atoms with E-state index in [1.807, 2.05) is 0 Å². The zero-order chi connectivity index (χ0) is 19.9. The van der Waals surface area contributed by atoms with E-state index >= 15 is 0 Å². The summed E-state index contributed by atoms with van der Waals surface area (Å²) in [6, 6.07) is 2.28. The van der Waals surface area contributed by atoms with Gasteiger partial charge in [-0.25, -0.2) is 4.79 Å². The molecule has 0 heterocycles. The van der Waals surface area contributed by atoms with E-state index in [1.54, 1.807) is 6.92 Å². The highest BCUT2D eigenvalue weighted by Gasteiger charge is 2.31. The van der Waals surface area contributed by atoms with Gasteiger partial charge in [-0.2, -0.15) is 13.2 Å². The molecule has 0 unspecified atom stereocenters. The maximum Gasteiger partial charge on any atom is 0.416 e. The summed E-state index contributed by atoms with van der Waals surface area (Å²) in [5, 5.41) is 12.2. The number of esters is 1. The number of rotatable bonds is 8. The number of alkyl halides is 3. The number of ether oxygens (including phenoxy) is 1. The number of aliphatic hydroxyl groups excluding tert-OH is 1. The number of nitrogens with one attached hydrogen (secondary N) is 1. The fourth-order valence-electron chi connectivity index (χ4n) is 2.13. The van der Waals surface area contributed by atoms with Crippen molar-refractivity contribution >= 4 is 17.7 Å². The number of ketones is 1. The zero-order valence-electron chi connectivity index (χ0n) is 14.3. The fourth-order valence-corrected chi connectivity index (χ4v) is 2.13. The molecule has 0 saturated carbocycles. The highest BCUT2D eigenvalue weighted by molar-refractivity contribution is 5.88. The van der Waals surface area contributed by atoms with E-state index in [-0.39, 0.29) is 30.6 Å². The molecule has 6 nitrogen and oxygen atoms in total. The molecule has 144 valence electrons. The number of Topliss-reactive ketones (excluding diaryl/α,β-unsaturated/α-hetero) is 1. The largest absolute Gasteiger partial charge is 0.467 e. The Morgan fingerprint density at radius 1 is 1.19 bits per heavy atom. The van der Waals surface area contributed by atoms with Crippen LogP contribution in [0.2, 0.25) is 0 Å². The van der Waals surface area contributed by atoms with Crippen molar-refractivity contribution in [1.29, 1.82) is 0 Å². The first-order chi connectivity index (χ1) is 12.1. The number of halogens is 3. The van der Waals surface area contributed by atoms with Gasteiger partial charge in [0.05, 0.1) is 12.7 Å². The molecule has 2 N–H and O–H groups in total. The molecule has 1 amide bonds. The predicted octanol–water partition coefficient (Wildman–Crippen LogP) is 2.16. The molecular formula is C17H20F3NO5. The van der Waals surface area contributed by atoms with Crippen molar-refractivity contribution in [3.05, 3.63) is 35.4 Å². The highest BCUT2D eigenvalue weighted by Crippen LogP contribution is 2.30. The quantitative estimate of drug-likeness (QED) is 0.680. The summed E-state index contributed by atoms with van der Waals surface area (Å²) in [6.45, 7) is 1.66.